The molecule has 0 atom stereocenters. The first-order chi connectivity index (χ1) is 14.4. The van der Waals surface area contributed by atoms with E-state index in [0.29, 0.717) is 22.6 Å². The van der Waals surface area contributed by atoms with Gasteiger partial charge in [-0.25, -0.2) is 9.78 Å². The van der Waals surface area contributed by atoms with Crippen LogP contribution in [0.15, 0.2) is 57.7 Å². The summed E-state index contributed by atoms with van der Waals surface area (Å²) in [5, 5.41) is 1.31. The van der Waals surface area contributed by atoms with Gasteiger partial charge in [-0.3, -0.25) is 9.69 Å². The number of thiazole rings is 1. The van der Waals surface area contributed by atoms with Gasteiger partial charge in [0.1, 0.15) is 11.1 Å². The predicted octanol–water partition coefficient (Wildman–Crippen LogP) is 1.31. The maximum absolute atomic E-state index is 13.5. The number of hydrogen-bond donors (Lipinski definition) is 0. The van der Waals surface area contributed by atoms with E-state index in [9.17, 15) is 9.59 Å². The Morgan fingerprint density at radius 3 is 2.61 bits per heavy atom. The number of fused-ring (bicyclic) bond motifs is 2. The normalized spacial score (nSPS) is 11.1. The van der Waals surface area contributed by atoms with Crippen LogP contribution < -0.4 is 22.9 Å². The zero-order chi connectivity index (χ0) is 21.3. The molecule has 2 heterocycles. The van der Waals surface area contributed by atoms with Gasteiger partial charge in [0, 0.05) is 11.9 Å². The number of carbonyl (C=O) groups is 1. The Balaban J connectivity index is 0.00000272. The minimum atomic E-state index is -0.631. The number of carbonyl (C=O) groups excluding carboxylic acids is 1. The number of anilines is 1. The van der Waals surface area contributed by atoms with Crippen LogP contribution in [0, 0.1) is 6.92 Å². The number of halogens is 1. The van der Waals surface area contributed by atoms with Crippen LogP contribution in [0.5, 0.6) is 0 Å². The maximum Gasteiger partial charge on any atom is 0.349 e. The van der Waals surface area contributed by atoms with Crippen LogP contribution in [0.3, 0.4) is 0 Å². The molecule has 0 unspecified atom stereocenters. The smallest absolute Gasteiger partial charge is 0.349 e. The third-order valence-electron chi connectivity index (χ3n) is 4.94. The molecule has 0 fully saturated rings. The summed E-state index contributed by atoms with van der Waals surface area (Å²) in [6, 6.07) is 14.8. The minimum Gasteiger partial charge on any atom is -1.00 e. The van der Waals surface area contributed by atoms with Crippen LogP contribution in [0.25, 0.3) is 21.2 Å². The van der Waals surface area contributed by atoms with Gasteiger partial charge in [-0.1, -0.05) is 41.7 Å². The average Bonchev–Trinajstić information content (AvgIpc) is 3.15. The first-order valence-corrected chi connectivity index (χ1v) is 10.6. The van der Waals surface area contributed by atoms with Crippen molar-refractivity contribution in [3.63, 3.8) is 0 Å². The third kappa shape index (κ3) is 4.79. The lowest BCUT2D eigenvalue weighted by atomic mass is 10.1. The highest BCUT2D eigenvalue weighted by Crippen LogP contribution is 2.31. The number of aryl methyl sites for hydroxylation is 1. The van der Waals surface area contributed by atoms with E-state index in [4.69, 9.17) is 9.40 Å². The monoisotopic (exact) mass is 456 g/mol. The van der Waals surface area contributed by atoms with Gasteiger partial charge in [-0.05, 0) is 57.7 Å². The SMILES string of the molecule is Cc1cccc2sc(N(CCCN(C)C)C(=O)c3cc4ccccc4oc3=O)nc12.[Cl-]. The highest BCUT2D eigenvalue weighted by atomic mass is 35.5. The van der Waals surface area contributed by atoms with Gasteiger partial charge >= 0.3 is 5.63 Å². The quantitative estimate of drug-likeness (QED) is 0.409. The molecule has 8 heteroatoms. The van der Waals surface area contributed by atoms with Crippen molar-refractivity contribution in [2.75, 3.05) is 32.1 Å². The van der Waals surface area contributed by atoms with E-state index >= 15 is 0 Å². The fourth-order valence-electron chi connectivity index (χ4n) is 3.38. The molecule has 0 saturated heterocycles. The van der Waals surface area contributed by atoms with Gasteiger partial charge in [0.15, 0.2) is 5.13 Å². The molecule has 0 radical (unpaired) electrons. The Morgan fingerprint density at radius 2 is 1.87 bits per heavy atom. The van der Waals surface area contributed by atoms with Gasteiger partial charge in [-0.2, -0.15) is 0 Å². The van der Waals surface area contributed by atoms with E-state index in [-0.39, 0.29) is 23.9 Å². The summed E-state index contributed by atoms with van der Waals surface area (Å²) in [4.78, 5) is 34.4. The first-order valence-electron chi connectivity index (χ1n) is 9.79. The molecular weight excluding hydrogens is 434 g/mol. The molecule has 0 aliphatic carbocycles. The first kappa shape index (κ1) is 22.9. The molecular formula is C23H23ClN3O3S-. The summed E-state index contributed by atoms with van der Waals surface area (Å²) in [5.74, 6) is -0.384. The molecule has 0 spiro atoms. The van der Waals surface area contributed by atoms with Crippen molar-refractivity contribution in [1.82, 2.24) is 9.88 Å². The average molecular weight is 457 g/mol. The summed E-state index contributed by atoms with van der Waals surface area (Å²) in [5.41, 5.74) is 1.80. The van der Waals surface area contributed by atoms with Crippen molar-refractivity contribution < 1.29 is 21.6 Å². The molecule has 0 bridgehead atoms. The predicted molar refractivity (Wildman–Crippen MR) is 122 cm³/mol. The maximum atomic E-state index is 13.5. The van der Waals surface area contributed by atoms with Crippen molar-refractivity contribution in [2.24, 2.45) is 0 Å². The topological polar surface area (TPSA) is 66.7 Å². The minimum absolute atomic E-state index is 0. The van der Waals surface area contributed by atoms with E-state index in [0.717, 1.165) is 28.7 Å². The van der Waals surface area contributed by atoms with Gasteiger partial charge in [0.25, 0.3) is 5.91 Å². The Morgan fingerprint density at radius 1 is 1.10 bits per heavy atom. The molecule has 0 aliphatic heterocycles. The van der Waals surface area contributed by atoms with Crippen molar-refractivity contribution in [2.45, 2.75) is 13.3 Å². The fourth-order valence-corrected chi connectivity index (χ4v) is 4.44. The number of amides is 1. The van der Waals surface area contributed by atoms with Crippen LogP contribution in [-0.2, 0) is 0 Å². The van der Waals surface area contributed by atoms with E-state index in [2.05, 4.69) is 4.90 Å². The molecule has 4 rings (SSSR count). The second-order valence-electron chi connectivity index (χ2n) is 7.52. The van der Waals surface area contributed by atoms with Crippen molar-refractivity contribution >= 4 is 43.6 Å². The number of para-hydroxylation sites is 2. The number of benzene rings is 2. The van der Waals surface area contributed by atoms with Crippen LogP contribution in [0.2, 0.25) is 0 Å². The van der Waals surface area contributed by atoms with Crippen LogP contribution in [-0.4, -0.2) is 43.0 Å². The zero-order valence-electron chi connectivity index (χ0n) is 17.6. The number of rotatable bonds is 6. The van der Waals surface area contributed by atoms with E-state index in [1.807, 2.05) is 51.4 Å². The highest BCUT2D eigenvalue weighted by Gasteiger charge is 2.25. The molecule has 31 heavy (non-hydrogen) atoms. The summed E-state index contributed by atoms with van der Waals surface area (Å²) < 4.78 is 6.41. The van der Waals surface area contributed by atoms with Gasteiger partial charge in [-0.15, -0.1) is 0 Å². The molecule has 4 aromatic rings. The standard InChI is InChI=1S/C23H23N3O3S.ClH/c1-15-8-6-11-19-20(15)24-23(30-19)26(13-7-12-25(2)3)21(27)17-14-16-9-4-5-10-18(16)29-22(17)28;/h4-6,8-11,14H,7,12-13H2,1-3H3;1H/p-1. The molecule has 2 aromatic heterocycles. The number of nitrogens with zero attached hydrogens (tertiary/aromatic N) is 3. The molecule has 6 nitrogen and oxygen atoms in total. The lowest BCUT2D eigenvalue weighted by Crippen LogP contribution is -3.00. The van der Waals surface area contributed by atoms with Crippen LogP contribution in [0.4, 0.5) is 5.13 Å². The lowest BCUT2D eigenvalue weighted by Gasteiger charge is -2.20. The third-order valence-corrected chi connectivity index (χ3v) is 5.99. The number of hydrogen-bond acceptors (Lipinski definition) is 6. The second kappa shape index (κ2) is 9.60. The molecule has 1 amide bonds. The Labute approximate surface area is 190 Å². The van der Waals surface area contributed by atoms with Crippen molar-refractivity contribution in [3.8, 4) is 0 Å². The number of aromatic nitrogens is 1. The summed E-state index contributed by atoms with van der Waals surface area (Å²) in [6.07, 6.45) is 0.757. The molecule has 2 aromatic carbocycles. The Bertz CT molecular complexity index is 1280. The van der Waals surface area contributed by atoms with Crippen LogP contribution in [0.1, 0.15) is 22.3 Å². The molecule has 0 aliphatic rings. The van der Waals surface area contributed by atoms with Crippen LogP contribution >= 0.6 is 11.3 Å². The van der Waals surface area contributed by atoms with Crippen molar-refractivity contribution in [3.05, 3.63) is 70.1 Å². The van der Waals surface area contributed by atoms with Gasteiger partial charge < -0.3 is 21.7 Å². The molecule has 0 saturated carbocycles. The lowest BCUT2D eigenvalue weighted by molar-refractivity contribution is -0.0000145. The van der Waals surface area contributed by atoms with E-state index in [1.165, 1.54) is 11.3 Å². The fraction of sp³-hybridized carbons (Fsp3) is 0.261. The summed E-state index contributed by atoms with van der Waals surface area (Å²) in [7, 11) is 3.98. The van der Waals surface area contributed by atoms with E-state index < -0.39 is 5.63 Å². The van der Waals surface area contributed by atoms with Crippen molar-refractivity contribution in [1.29, 1.82) is 0 Å². The zero-order valence-corrected chi connectivity index (χ0v) is 19.2. The Kier molecular flexibility index (Phi) is 7.10. The second-order valence-corrected chi connectivity index (χ2v) is 8.53. The van der Waals surface area contributed by atoms with Gasteiger partial charge in [0.05, 0.1) is 10.2 Å². The Hall–Kier alpha value is -2.74. The van der Waals surface area contributed by atoms with E-state index in [1.54, 1.807) is 23.1 Å². The highest BCUT2D eigenvalue weighted by molar-refractivity contribution is 7.22. The van der Waals surface area contributed by atoms with Gasteiger partial charge in [0.2, 0.25) is 0 Å². The summed E-state index contributed by atoms with van der Waals surface area (Å²) >= 11 is 1.46. The molecule has 0 N–H and O–H groups in total. The summed E-state index contributed by atoms with van der Waals surface area (Å²) in [6.45, 7) is 3.28. The largest absolute Gasteiger partial charge is 1.00 e. The molecule has 162 valence electrons.